The number of hydrogen-bond acceptors (Lipinski definition) is 5. The molecule has 2 amide bonds. The van der Waals surface area contributed by atoms with Gasteiger partial charge in [0.1, 0.15) is 11.8 Å². The van der Waals surface area contributed by atoms with Gasteiger partial charge in [-0.25, -0.2) is 8.42 Å². The van der Waals surface area contributed by atoms with E-state index in [0.29, 0.717) is 31.0 Å². The number of sulfonamides is 1. The van der Waals surface area contributed by atoms with Crippen LogP contribution in [0.3, 0.4) is 0 Å². The summed E-state index contributed by atoms with van der Waals surface area (Å²) in [5.41, 5.74) is 2.55. The molecular formula is C29H41N3O5S. The van der Waals surface area contributed by atoms with Gasteiger partial charge in [-0.05, 0) is 69.9 Å². The van der Waals surface area contributed by atoms with Crippen molar-refractivity contribution in [3.8, 4) is 5.75 Å². The van der Waals surface area contributed by atoms with Crippen LogP contribution in [0.5, 0.6) is 5.75 Å². The third-order valence-electron chi connectivity index (χ3n) is 6.89. The average molecular weight is 544 g/mol. The molecule has 1 aliphatic carbocycles. The van der Waals surface area contributed by atoms with Crippen molar-refractivity contribution in [3.05, 3.63) is 59.7 Å². The first-order valence-corrected chi connectivity index (χ1v) is 15.3. The van der Waals surface area contributed by atoms with Gasteiger partial charge < -0.3 is 15.0 Å². The Bertz CT molecular complexity index is 1180. The summed E-state index contributed by atoms with van der Waals surface area (Å²) in [5.74, 6) is 0.335. The monoisotopic (exact) mass is 543 g/mol. The molecule has 3 rings (SSSR count). The molecule has 8 nitrogen and oxygen atoms in total. The summed E-state index contributed by atoms with van der Waals surface area (Å²) >= 11 is 0. The maximum atomic E-state index is 13.5. The van der Waals surface area contributed by atoms with E-state index in [-0.39, 0.29) is 30.8 Å². The number of carbonyl (C=O) groups is 2. The topological polar surface area (TPSA) is 96.0 Å². The number of hydrogen-bond donors (Lipinski definition) is 1. The molecule has 9 heteroatoms. The van der Waals surface area contributed by atoms with Gasteiger partial charge in [-0.15, -0.1) is 0 Å². The van der Waals surface area contributed by atoms with Crippen LogP contribution in [0.4, 0.5) is 5.69 Å². The highest BCUT2D eigenvalue weighted by Gasteiger charge is 2.28. The molecule has 0 bridgehead atoms. The molecule has 0 unspecified atom stereocenters. The lowest BCUT2D eigenvalue weighted by atomic mass is 10.1. The molecule has 1 fully saturated rings. The lowest BCUT2D eigenvalue weighted by Crippen LogP contribution is -2.49. The van der Waals surface area contributed by atoms with Gasteiger partial charge in [-0.2, -0.15) is 0 Å². The largest absolute Gasteiger partial charge is 0.494 e. The van der Waals surface area contributed by atoms with E-state index < -0.39 is 16.1 Å². The number of rotatable bonds is 13. The second kappa shape index (κ2) is 13.6. The van der Waals surface area contributed by atoms with E-state index in [0.717, 1.165) is 43.1 Å². The fraction of sp³-hybridized carbons (Fsp3) is 0.517. The smallest absolute Gasteiger partial charge is 0.242 e. The Morgan fingerprint density at radius 2 is 1.79 bits per heavy atom. The van der Waals surface area contributed by atoms with Crippen LogP contribution in [-0.2, 0) is 26.2 Å². The number of ether oxygens (including phenoxy) is 1. The molecule has 0 aromatic heterocycles. The molecular weight excluding hydrogens is 502 g/mol. The molecule has 38 heavy (non-hydrogen) atoms. The molecule has 1 N–H and O–H groups in total. The summed E-state index contributed by atoms with van der Waals surface area (Å²) in [6, 6.07) is 14.3. The number of nitrogens with one attached hydrogen (secondary N) is 1. The van der Waals surface area contributed by atoms with E-state index in [9.17, 15) is 18.0 Å². The molecule has 0 heterocycles. The van der Waals surface area contributed by atoms with Crippen molar-refractivity contribution < 1.29 is 22.7 Å². The number of aryl methyl sites for hydroxylation is 1. The minimum atomic E-state index is -3.55. The molecule has 1 aliphatic rings. The van der Waals surface area contributed by atoms with E-state index >= 15 is 0 Å². The number of carbonyl (C=O) groups excluding carboxylic acids is 2. The number of nitrogens with zero attached hydrogens (tertiary/aromatic N) is 2. The maximum Gasteiger partial charge on any atom is 0.242 e. The first kappa shape index (κ1) is 29.5. The first-order chi connectivity index (χ1) is 18.1. The standard InChI is InChI=1S/C29H41N3O5S/c1-5-37-27-17-15-26(16-18-27)32(38(4,35)36)19-9-14-28(33)31(21-24-11-8-10-22(2)20-24)23(3)29(34)30-25-12-6-7-13-25/h8,10-11,15-18,20,23,25H,5-7,9,12-14,19,21H2,1-4H3,(H,30,34)/t23-/m1/s1. The highest BCUT2D eigenvalue weighted by atomic mass is 32.2. The van der Waals surface area contributed by atoms with Gasteiger partial charge in [-0.1, -0.05) is 42.7 Å². The average Bonchev–Trinajstić information content (AvgIpc) is 3.38. The summed E-state index contributed by atoms with van der Waals surface area (Å²) in [5, 5.41) is 3.11. The summed E-state index contributed by atoms with van der Waals surface area (Å²) < 4.78 is 31.8. The Balaban J connectivity index is 1.70. The van der Waals surface area contributed by atoms with Gasteiger partial charge in [-0.3, -0.25) is 13.9 Å². The van der Waals surface area contributed by atoms with Crippen molar-refractivity contribution in [2.45, 2.75) is 77.9 Å². The zero-order valence-corrected chi connectivity index (χ0v) is 23.8. The highest BCUT2D eigenvalue weighted by Crippen LogP contribution is 2.23. The van der Waals surface area contributed by atoms with Crippen LogP contribution in [0.25, 0.3) is 0 Å². The first-order valence-electron chi connectivity index (χ1n) is 13.4. The predicted octanol–water partition coefficient (Wildman–Crippen LogP) is 4.42. The van der Waals surface area contributed by atoms with Gasteiger partial charge in [0.2, 0.25) is 21.8 Å². The van der Waals surface area contributed by atoms with Gasteiger partial charge in [0, 0.05) is 25.6 Å². The fourth-order valence-electron chi connectivity index (χ4n) is 4.86. The molecule has 0 radical (unpaired) electrons. The summed E-state index contributed by atoms with van der Waals surface area (Å²) in [4.78, 5) is 28.1. The van der Waals surface area contributed by atoms with Crippen LogP contribution in [0.1, 0.15) is 63.5 Å². The molecule has 0 aliphatic heterocycles. The minimum Gasteiger partial charge on any atom is -0.494 e. The second-order valence-corrected chi connectivity index (χ2v) is 11.9. The van der Waals surface area contributed by atoms with Gasteiger partial charge in [0.25, 0.3) is 0 Å². The van der Waals surface area contributed by atoms with Crippen LogP contribution < -0.4 is 14.4 Å². The van der Waals surface area contributed by atoms with E-state index in [1.165, 1.54) is 4.31 Å². The lowest BCUT2D eigenvalue weighted by molar-refractivity contribution is -0.141. The number of amides is 2. The maximum absolute atomic E-state index is 13.5. The van der Waals surface area contributed by atoms with Crippen LogP contribution in [-0.4, -0.2) is 56.6 Å². The third kappa shape index (κ3) is 8.48. The van der Waals surface area contributed by atoms with Crippen molar-refractivity contribution in [1.82, 2.24) is 10.2 Å². The third-order valence-corrected chi connectivity index (χ3v) is 8.09. The minimum absolute atomic E-state index is 0.121. The Kier molecular flexibility index (Phi) is 10.6. The second-order valence-electron chi connectivity index (χ2n) is 10.0. The highest BCUT2D eigenvalue weighted by molar-refractivity contribution is 7.92. The van der Waals surface area contributed by atoms with E-state index in [1.54, 1.807) is 36.1 Å². The molecule has 0 spiro atoms. The quantitative estimate of drug-likeness (QED) is 0.404. The molecule has 1 atom stereocenters. The number of benzene rings is 2. The molecule has 0 saturated heterocycles. The predicted molar refractivity (Wildman–Crippen MR) is 151 cm³/mol. The van der Waals surface area contributed by atoms with Crippen LogP contribution in [0, 0.1) is 6.92 Å². The van der Waals surface area contributed by atoms with Gasteiger partial charge in [0.05, 0.1) is 18.6 Å². The van der Waals surface area contributed by atoms with Crippen molar-refractivity contribution in [1.29, 1.82) is 0 Å². The van der Waals surface area contributed by atoms with Crippen molar-refractivity contribution in [2.75, 3.05) is 23.7 Å². The molecule has 208 valence electrons. The van der Waals surface area contributed by atoms with Crippen LogP contribution in [0.2, 0.25) is 0 Å². The van der Waals surface area contributed by atoms with Crippen LogP contribution in [0.15, 0.2) is 48.5 Å². The van der Waals surface area contributed by atoms with Gasteiger partial charge >= 0.3 is 0 Å². The normalized spacial score (nSPS) is 14.6. The Hall–Kier alpha value is -3.07. The zero-order chi connectivity index (χ0) is 27.7. The Labute approximate surface area is 227 Å². The summed E-state index contributed by atoms with van der Waals surface area (Å²) in [6.07, 6.45) is 5.75. The summed E-state index contributed by atoms with van der Waals surface area (Å²) in [7, 11) is -3.55. The summed E-state index contributed by atoms with van der Waals surface area (Å²) in [6.45, 7) is 6.63. The Morgan fingerprint density at radius 1 is 1.11 bits per heavy atom. The SMILES string of the molecule is CCOc1ccc(N(CCCC(=O)N(Cc2cccc(C)c2)[C@H](C)C(=O)NC2CCCC2)S(C)(=O)=O)cc1. The fourth-order valence-corrected chi connectivity index (χ4v) is 5.83. The zero-order valence-electron chi connectivity index (χ0n) is 23.0. The van der Waals surface area contributed by atoms with Crippen molar-refractivity contribution in [2.24, 2.45) is 0 Å². The number of anilines is 1. The molecule has 2 aromatic rings. The van der Waals surface area contributed by atoms with E-state index in [2.05, 4.69) is 5.32 Å². The molecule has 2 aromatic carbocycles. The Morgan fingerprint density at radius 3 is 2.39 bits per heavy atom. The van der Waals surface area contributed by atoms with Crippen molar-refractivity contribution >= 4 is 27.5 Å². The van der Waals surface area contributed by atoms with Crippen molar-refractivity contribution in [3.63, 3.8) is 0 Å². The van der Waals surface area contributed by atoms with E-state index in [1.807, 2.05) is 38.1 Å². The lowest BCUT2D eigenvalue weighted by Gasteiger charge is -2.30. The van der Waals surface area contributed by atoms with Crippen LogP contribution >= 0.6 is 0 Å². The molecule has 1 saturated carbocycles. The van der Waals surface area contributed by atoms with E-state index in [4.69, 9.17) is 4.74 Å². The van der Waals surface area contributed by atoms with Gasteiger partial charge in [0.15, 0.2) is 0 Å².